The Kier molecular flexibility index (Phi) is 21.9. The van der Waals surface area contributed by atoms with Crippen LogP contribution in [-0.4, -0.2) is 76.9 Å². The maximum atomic E-state index is 3.65. The van der Waals surface area contributed by atoms with Gasteiger partial charge in [-0.1, -0.05) is 48.0 Å². The van der Waals surface area contributed by atoms with E-state index in [4.69, 9.17) is 0 Å². The van der Waals surface area contributed by atoms with E-state index in [2.05, 4.69) is 67.7 Å². The van der Waals surface area contributed by atoms with Gasteiger partial charge >= 0.3 is 0 Å². The predicted octanol–water partition coefficient (Wildman–Crippen LogP) is 3.57. The first-order valence-electron chi connectivity index (χ1n) is 13.0. The summed E-state index contributed by atoms with van der Waals surface area (Å²) in [6, 6.07) is 0. The summed E-state index contributed by atoms with van der Waals surface area (Å²) in [5, 5.41) is 14.4. The van der Waals surface area contributed by atoms with Gasteiger partial charge in [0.15, 0.2) is 0 Å². The van der Waals surface area contributed by atoms with E-state index in [-0.39, 0.29) is 0 Å². The molecule has 0 aromatic heterocycles. The summed E-state index contributed by atoms with van der Waals surface area (Å²) in [6.45, 7) is 26.2. The van der Waals surface area contributed by atoms with Gasteiger partial charge in [0.05, 0.1) is 0 Å². The van der Waals surface area contributed by atoms with Gasteiger partial charge in [-0.15, -0.1) is 0 Å². The van der Waals surface area contributed by atoms with Crippen molar-refractivity contribution >= 4 is 0 Å². The highest BCUT2D eigenvalue weighted by molar-refractivity contribution is 4.65. The number of hydrogen-bond acceptors (Lipinski definition) is 5. The second kappa shape index (κ2) is 22.0. The van der Waals surface area contributed by atoms with Crippen LogP contribution < -0.4 is 21.3 Å². The number of unbranched alkanes of at least 4 members (excludes halogenated alkanes) is 2. The Balaban J connectivity index is 3.79. The molecule has 0 spiro atoms. The van der Waals surface area contributed by atoms with Crippen LogP contribution in [0.1, 0.15) is 73.6 Å². The van der Waals surface area contributed by atoms with Crippen LogP contribution in [0.2, 0.25) is 0 Å². The summed E-state index contributed by atoms with van der Waals surface area (Å²) in [7, 11) is 0. The normalized spacial score (nSPS) is 12.2. The molecule has 0 radical (unpaired) electrons. The highest BCUT2D eigenvalue weighted by atomic mass is 15.2. The highest BCUT2D eigenvalue weighted by Gasteiger charge is 2.05. The number of nitrogens with one attached hydrogen (secondary N) is 4. The molecule has 0 saturated carbocycles. The summed E-state index contributed by atoms with van der Waals surface area (Å²) in [5.41, 5.74) is 0. The molecule has 0 aliphatic rings. The van der Waals surface area contributed by atoms with E-state index in [1.165, 1.54) is 38.6 Å². The molecule has 0 saturated heterocycles. The molecular formula is C25H57N5. The van der Waals surface area contributed by atoms with Crippen molar-refractivity contribution < 1.29 is 0 Å². The van der Waals surface area contributed by atoms with E-state index >= 15 is 0 Å². The zero-order valence-electron chi connectivity index (χ0n) is 21.5. The van der Waals surface area contributed by atoms with Gasteiger partial charge in [-0.3, -0.25) is 4.90 Å². The lowest BCUT2D eigenvalue weighted by atomic mass is 10.1. The van der Waals surface area contributed by atoms with Crippen molar-refractivity contribution in [3.8, 4) is 0 Å². The fourth-order valence-electron chi connectivity index (χ4n) is 3.39. The quantitative estimate of drug-likeness (QED) is 0.188. The van der Waals surface area contributed by atoms with E-state index in [1.807, 2.05) is 0 Å². The molecule has 0 bridgehead atoms. The molecule has 0 atom stereocenters. The van der Waals surface area contributed by atoms with Gasteiger partial charge in [-0.05, 0) is 76.2 Å². The van der Waals surface area contributed by atoms with Gasteiger partial charge in [0.2, 0.25) is 0 Å². The highest BCUT2D eigenvalue weighted by Crippen LogP contribution is 2.01. The molecule has 0 rings (SSSR count). The second-order valence-corrected chi connectivity index (χ2v) is 10.1. The molecule has 0 amide bonds. The van der Waals surface area contributed by atoms with Crippen LogP contribution in [0.5, 0.6) is 0 Å². The van der Waals surface area contributed by atoms with Crippen LogP contribution in [0.25, 0.3) is 0 Å². The lowest BCUT2D eigenvalue weighted by Gasteiger charge is -2.23. The van der Waals surface area contributed by atoms with E-state index < -0.39 is 0 Å². The minimum Gasteiger partial charge on any atom is -0.316 e. The van der Waals surface area contributed by atoms with Gasteiger partial charge < -0.3 is 21.3 Å². The van der Waals surface area contributed by atoms with Crippen LogP contribution in [0.3, 0.4) is 0 Å². The Hall–Kier alpha value is -0.200. The van der Waals surface area contributed by atoms with Crippen molar-refractivity contribution in [2.45, 2.75) is 73.6 Å². The Labute approximate surface area is 189 Å². The largest absolute Gasteiger partial charge is 0.316 e. The van der Waals surface area contributed by atoms with E-state index in [0.717, 1.165) is 83.2 Å². The molecule has 0 aromatic rings. The average Bonchev–Trinajstić information content (AvgIpc) is 2.67. The predicted molar refractivity (Wildman–Crippen MR) is 136 cm³/mol. The monoisotopic (exact) mass is 427 g/mol. The van der Waals surface area contributed by atoms with Crippen molar-refractivity contribution in [2.24, 2.45) is 17.8 Å². The summed E-state index contributed by atoms with van der Waals surface area (Å²) >= 11 is 0. The molecule has 182 valence electrons. The third-order valence-electron chi connectivity index (χ3n) is 5.26. The van der Waals surface area contributed by atoms with E-state index in [0.29, 0.717) is 0 Å². The summed E-state index contributed by atoms with van der Waals surface area (Å²) in [6.07, 6.45) is 6.53. The molecular weight excluding hydrogens is 370 g/mol. The fourth-order valence-corrected chi connectivity index (χ4v) is 3.39. The zero-order valence-corrected chi connectivity index (χ0v) is 21.5. The van der Waals surface area contributed by atoms with Crippen molar-refractivity contribution in [1.29, 1.82) is 0 Å². The molecule has 0 heterocycles. The molecule has 30 heavy (non-hydrogen) atoms. The van der Waals surface area contributed by atoms with Crippen molar-refractivity contribution in [3.63, 3.8) is 0 Å². The van der Waals surface area contributed by atoms with Gasteiger partial charge in [0.1, 0.15) is 0 Å². The van der Waals surface area contributed by atoms with E-state index in [1.54, 1.807) is 0 Å². The average molecular weight is 428 g/mol. The second-order valence-electron chi connectivity index (χ2n) is 10.1. The van der Waals surface area contributed by atoms with Crippen LogP contribution in [0.4, 0.5) is 0 Å². The molecule has 5 nitrogen and oxygen atoms in total. The van der Waals surface area contributed by atoms with Crippen molar-refractivity contribution in [2.75, 3.05) is 72.0 Å². The van der Waals surface area contributed by atoms with Crippen LogP contribution in [0, 0.1) is 17.8 Å². The van der Waals surface area contributed by atoms with Gasteiger partial charge in [-0.25, -0.2) is 0 Å². The third-order valence-corrected chi connectivity index (χ3v) is 5.26. The van der Waals surface area contributed by atoms with Gasteiger partial charge in [0.25, 0.3) is 0 Å². The molecule has 0 fully saturated rings. The Morgan fingerprint density at radius 3 is 1.40 bits per heavy atom. The third kappa shape index (κ3) is 24.1. The van der Waals surface area contributed by atoms with Crippen LogP contribution in [-0.2, 0) is 0 Å². The molecule has 0 aromatic carbocycles. The van der Waals surface area contributed by atoms with Crippen molar-refractivity contribution in [1.82, 2.24) is 26.2 Å². The maximum absolute atomic E-state index is 3.65. The van der Waals surface area contributed by atoms with Crippen LogP contribution >= 0.6 is 0 Å². The summed E-state index contributed by atoms with van der Waals surface area (Å²) < 4.78 is 0. The standard InChI is InChI=1S/C25H57N5/c1-23(2)11-10-14-27-16-19-30(20-17-29-22-25(5)6)18-15-26-12-8-7-9-13-28-21-24(3)4/h23-29H,7-22H2,1-6H3. The van der Waals surface area contributed by atoms with Crippen molar-refractivity contribution in [3.05, 3.63) is 0 Å². The molecule has 0 aliphatic carbocycles. The Morgan fingerprint density at radius 2 is 0.900 bits per heavy atom. The number of hydrogen-bond donors (Lipinski definition) is 4. The summed E-state index contributed by atoms with van der Waals surface area (Å²) in [4.78, 5) is 2.60. The fraction of sp³-hybridized carbons (Fsp3) is 1.00. The summed E-state index contributed by atoms with van der Waals surface area (Å²) in [5.74, 6) is 2.30. The van der Waals surface area contributed by atoms with Gasteiger partial charge in [-0.2, -0.15) is 0 Å². The first-order chi connectivity index (χ1) is 14.4. The number of nitrogens with zero attached hydrogens (tertiary/aromatic N) is 1. The van der Waals surface area contributed by atoms with E-state index in [9.17, 15) is 0 Å². The zero-order chi connectivity index (χ0) is 22.5. The smallest absolute Gasteiger partial charge is 0.0108 e. The Morgan fingerprint density at radius 1 is 0.467 bits per heavy atom. The maximum Gasteiger partial charge on any atom is 0.0108 e. The topological polar surface area (TPSA) is 51.4 Å². The lowest BCUT2D eigenvalue weighted by molar-refractivity contribution is 0.270. The number of rotatable bonds is 23. The molecule has 5 heteroatoms. The lowest BCUT2D eigenvalue weighted by Crippen LogP contribution is -2.41. The molecule has 0 aliphatic heterocycles. The SMILES string of the molecule is CC(C)CCCNCCN(CCNCCCCCNCC(C)C)CCNCC(C)C. The first kappa shape index (κ1) is 29.8. The minimum atomic E-state index is 0.725. The Bertz CT molecular complexity index is 334. The van der Waals surface area contributed by atoms with Crippen LogP contribution in [0.15, 0.2) is 0 Å². The molecule has 4 N–H and O–H groups in total. The molecule has 0 unspecified atom stereocenters. The minimum absolute atomic E-state index is 0.725. The van der Waals surface area contributed by atoms with Gasteiger partial charge in [0, 0.05) is 39.3 Å². The first-order valence-corrected chi connectivity index (χ1v) is 13.0.